The fourth-order valence-electron chi connectivity index (χ4n) is 3.10. The first kappa shape index (κ1) is 21.1. The molecule has 2 saturated heterocycles. The van der Waals surface area contributed by atoms with Gasteiger partial charge in [0.05, 0.1) is 32.3 Å². The van der Waals surface area contributed by atoms with E-state index in [1.54, 1.807) is 0 Å². The average Bonchev–Trinajstić information content (AvgIpc) is 3.15. The molecule has 0 aromatic carbocycles. The molecule has 0 amide bonds. The molecule has 27 heavy (non-hydrogen) atoms. The lowest BCUT2D eigenvalue weighted by molar-refractivity contribution is -0.790. The average molecular weight is 394 g/mol. The largest absolute Gasteiger partial charge is 0.466 e. The number of unbranched alkanes of at least 4 members (excludes halogenated alkanes) is 1. The highest BCUT2D eigenvalue weighted by molar-refractivity contribution is 5.69. The van der Waals surface area contributed by atoms with Crippen LogP contribution in [0.4, 0.5) is 0 Å². The smallest absolute Gasteiger partial charge is 0.306 e. The van der Waals surface area contributed by atoms with Gasteiger partial charge in [-0.3, -0.25) is 4.79 Å². The highest BCUT2D eigenvalue weighted by Gasteiger charge is 2.47. The van der Waals surface area contributed by atoms with E-state index in [1.165, 1.54) is 0 Å². The Morgan fingerprint density at radius 3 is 2.59 bits per heavy atom. The van der Waals surface area contributed by atoms with Crippen LogP contribution >= 0.6 is 0 Å². The van der Waals surface area contributed by atoms with E-state index >= 15 is 0 Å². The van der Waals surface area contributed by atoms with Crippen molar-refractivity contribution < 1.29 is 44.0 Å². The van der Waals surface area contributed by atoms with Crippen LogP contribution in [0.25, 0.3) is 0 Å². The van der Waals surface area contributed by atoms with Crippen molar-refractivity contribution in [3.8, 4) is 0 Å². The predicted molar refractivity (Wildman–Crippen MR) is 83.2 cm³/mol. The van der Waals surface area contributed by atoms with E-state index in [0.717, 1.165) is 0 Å². The predicted octanol–water partition coefficient (Wildman–Crippen LogP) is -0.350. The molecule has 0 aromatic heterocycles. The molecule has 1 unspecified atom stereocenters. The number of fused-ring (bicyclic) bond motifs is 1. The van der Waals surface area contributed by atoms with E-state index in [4.69, 9.17) is 14.2 Å². The van der Waals surface area contributed by atoms with Gasteiger partial charge in [-0.2, -0.15) is 0 Å². The highest BCUT2D eigenvalue weighted by atomic mass is 17.0. The van der Waals surface area contributed by atoms with E-state index < -0.39 is 41.1 Å². The lowest BCUT2D eigenvalue weighted by Crippen LogP contribution is -2.30. The Morgan fingerprint density at radius 2 is 1.89 bits per heavy atom. The third-order valence-corrected chi connectivity index (χ3v) is 4.34. The second-order valence-electron chi connectivity index (χ2n) is 6.31. The SMILES string of the molecule is O=C(C[C@H]1CO[C@H]2[C@@H]1OC[C@H]2O)OCCCCC(CO[N+](=O)[O-])O[N+](=O)[O-]. The molecule has 0 saturated carbocycles. The summed E-state index contributed by atoms with van der Waals surface area (Å²) in [5, 5.41) is 28.1. The van der Waals surface area contributed by atoms with Crippen LogP contribution in [0.2, 0.25) is 0 Å². The van der Waals surface area contributed by atoms with Crippen LogP contribution in [-0.2, 0) is 28.7 Å². The van der Waals surface area contributed by atoms with Gasteiger partial charge in [-0.1, -0.05) is 0 Å². The van der Waals surface area contributed by atoms with Gasteiger partial charge in [0, 0.05) is 5.92 Å². The molecule has 13 nitrogen and oxygen atoms in total. The maximum atomic E-state index is 11.9. The Kier molecular flexibility index (Phi) is 7.94. The molecule has 154 valence electrons. The summed E-state index contributed by atoms with van der Waals surface area (Å²) >= 11 is 0. The second kappa shape index (κ2) is 10.2. The molecule has 2 fully saturated rings. The van der Waals surface area contributed by atoms with Gasteiger partial charge < -0.3 is 29.0 Å². The topological polar surface area (TPSA) is 170 Å². The maximum Gasteiger partial charge on any atom is 0.306 e. The number of carbonyl (C=O) groups is 1. The first-order chi connectivity index (χ1) is 12.9. The maximum absolute atomic E-state index is 11.9. The quantitative estimate of drug-likeness (QED) is 0.198. The Balaban J connectivity index is 1.59. The van der Waals surface area contributed by atoms with Crippen LogP contribution in [0.5, 0.6) is 0 Å². The van der Waals surface area contributed by atoms with E-state index in [2.05, 4.69) is 9.68 Å². The zero-order chi connectivity index (χ0) is 19.8. The molecular weight excluding hydrogens is 372 g/mol. The molecule has 0 bridgehead atoms. The second-order valence-corrected chi connectivity index (χ2v) is 6.31. The number of nitrogens with zero attached hydrogens (tertiary/aromatic N) is 2. The Labute approximate surface area is 153 Å². The number of aliphatic hydroxyl groups excluding tert-OH is 1. The van der Waals surface area contributed by atoms with Crippen molar-refractivity contribution in [2.45, 2.75) is 50.1 Å². The summed E-state index contributed by atoms with van der Waals surface area (Å²) in [6, 6.07) is 0. The third-order valence-electron chi connectivity index (χ3n) is 4.34. The minimum absolute atomic E-state index is 0.102. The number of rotatable bonds is 12. The molecular formula is C14H22N2O11. The highest BCUT2D eigenvalue weighted by Crippen LogP contribution is 2.33. The molecule has 2 aliphatic rings. The van der Waals surface area contributed by atoms with Gasteiger partial charge in [0.1, 0.15) is 24.9 Å². The van der Waals surface area contributed by atoms with E-state index in [9.17, 15) is 30.1 Å². The van der Waals surface area contributed by atoms with Gasteiger partial charge in [0.2, 0.25) is 0 Å². The van der Waals surface area contributed by atoms with E-state index in [-0.39, 0.29) is 38.1 Å². The van der Waals surface area contributed by atoms with Crippen molar-refractivity contribution in [2.75, 3.05) is 26.4 Å². The van der Waals surface area contributed by atoms with Crippen LogP contribution in [0.1, 0.15) is 25.7 Å². The molecule has 0 radical (unpaired) electrons. The van der Waals surface area contributed by atoms with Gasteiger partial charge in [0.25, 0.3) is 10.2 Å². The number of hydrogen-bond donors (Lipinski definition) is 1. The zero-order valence-electron chi connectivity index (χ0n) is 14.5. The monoisotopic (exact) mass is 394 g/mol. The van der Waals surface area contributed by atoms with Gasteiger partial charge in [-0.05, 0) is 19.3 Å². The molecule has 1 N–H and O–H groups in total. The number of hydrogen-bond acceptors (Lipinski definition) is 11. The molecule has 0 aromatic rings. The van der Waals surface area contributed by atoms with Crippen molar-refractivity contribution in [1.82, 2.24) is 0 Å². The van der Waals surface area contributed by atoms with Gasteiger partial charge in [0.15, 0.2) is 0 Å². The van der Waals surface area contributed by atoms with Gasteiger partial charge in [-0.15, -0.1) is 20.2 Å². The van der Waals surface area contributed by atoms with Crippen LogP contribution in [0.15, 0.2) is 0 Å². The zero-order valence-corrected chi connectivity index (χ0v) is 14.5. The normalized spacial score (nSPS) is 27.6. The van der Waals surface area contributed by atoms with Crippen molar-refractivity contribution in [3.05, 3.63) is 20.2 Å². The summed E-state index contributed by atoms with van der Waals surface area (Å²) in [4.78, 5) is 40.8. The van der Waals surface area contributed by atoms with Crippen molar-refractivity contribution in [3.63, 3.8) is 0 Å². The molecule has 2 rings (SSSR count). The summed E-state index contributed by atoms with van der Waals surface area (Å²) < 4.78 is 16.0. The molecule has 0 spiro atoms. The van der Waals surface area contributed by atoms with Gasteiger partial charge in [-0.25, -0.2) is 0 Å². The molecule has 5 atom stereocenters. The molecule has 0 aliphatic carbocycles. The summed E-state index contributed by atoms with van der Waals surface area (Å²) in [7, 11) is 0. The Bertz CT molecular complexity index is 531. The summed E-state index contributed by atoms with van der Waals surface area (Å²) in [6.45, 7) is 0.0569. The van der Waals surface area contributed by atoms with Crippen molar-refractivity contribution >= 4 is 5.97 Å². The van der Waals surface area contributed by atoms with Crippen molar-refractivity contribution in [2.24, 2.45) is 5.92 Å². The van der Waals surface area contributed by atoms with Crippen molar-refractivity contribution in [1.29, 1.82) is 0 Å². The van der Waals surface area contributed by atoms with E-state index in [0.29, 0.717) is 19.4 Å². The van der Waals surface area contributed by atoms with Crippen LogP contribution in [-0.4, -0.2) is 72.1 Å². The van der Waals surface area contributed by atoms with Crippen LogP contribution < -0.4 is 0 Å². The van der Waals surface area contributed by atoms with Gasteiger partial charge >= 0.3 is 5.97 Å². The summed E-state index contributed by atoms with van der Waals surface area (Å²) in [6.07, 6.45) is -1.42. The Hall–Kier alpha value is -2.25. The Morgan fingerprint density at radius 1 is 1.15 bits per heavy atom. The standard InChI is InChI=1S/C14H22N2O11/c17-11-8-25-13-9(6-24-14(11)13)5-12(18)23-4-2-1-3-10(27-16(21)22)7-26-15(19)20/h9-11,13-14,17H,1-8H2/t9-,10?,11+,13+,14+/m0/s1. The van der Waals surface area contributed by atoms with Crippen LogP contribution in [0.3, 0.4) is 0 Å². The minimum atomic E-state index is -1.07. The first-order valence-electron chi connectivity index (χ1n) is 8.52. The summed E-state index contributed by atoms with van der Waals surface area (Å²) in [5.41, 5.74) is 0. The third kappa shape index (κ3) is 6.77. The lowest BCUT2D eigenvalue weighted by atomic mass is 9.98. The number of esters is 1. The fraction of sp³-hybridized carbons (Fsp3) is 0.929. The molecule has 2 aliphatic heterocycles. The molecule has 13 heteroatoms. The summed E-state index contributed by atoms with van der Waals surface area (Å²) in [5.74, 6) is -0.596. The number of ether oxygens (including phenoxy) is 3. The molecule has 2 heterocycles. The minimum Gasteiger partial charge on any atom is -0.466 e. The number of aliphatic hydroxyl groups is 1. The first-order valence-corrected chi connectivity index (χ1v) is 8.52. The lowest BCUT2D eigenvalue weighted by Gasteiger charge is -2.15. The van der Waals surface area contributed by atoms with Crippen LogP contribution in [0, 0.1) is 26.1 Å². The fourth-order valence-corrected chi connectivity index (χ4v) is 3.10. The van der Waals surface area contributed by atoms with E-state index in [1.807, 2.05) is 0 Å². The number of carbonyl (C=O) groups excluding carboxylic acids is 1.